The molecule has 1 aromatic rings. The van der Waals surface area contributed by atoms with E-state index in [1.807, 2.05) is 37.4 Å². The van der Waals surface area contributed by atoms with E-state index >= 15 is 0 Å². The Hall–Kier alpha value is -1.06. The largest absolute Gasteiger partial charge is 0.351 e. The van der Waals surface area contributed by atoms with Gasteiger partial charge >= 0.3 is 0 Å². The van der Waals surface area contributed by atoms with Crippen LogP contribution < -0.4 is 15.8 Å². The van der Waals surface area contributed by atoms with E-state index in [4.69, 9.17) is 27.9 Å². The van der Waals surface area contributed by atoms with E-state index in [9.17, 15) is 0 Å². The molecule has 0 fully saturated rings. The van der Waals surface area contributed by atoms with Crippen molar-refractivity contribution >= 4 is 34.9 Å². The van der Waals surface area contributed by atoms with Crippen LogP contribution in [0.25, 0.3) is 11.6 Å². The number of benzene rings is 1. The molecule has 104 valence electrons. The standard InChI is InChI=1S/C16H15Cl2NO/c1-19-16-8-7-12-11(3-2-4-14(12)18)13-6-5-10(17)9-15(13)20-16/h2-7,9,15-16,19H,8H2,1H3/b12-7?,13-11-. The van der Waals surface area contributed by atoms with Gasteiger partial charge in [-0.15, -0.1) is 0 Å². The summed E-state index contributed by atoms with van der Waals surface area (Å²) in [7, 11) is 1.89. The zero-order valence-electron chi connectivity index (χ0n) is 11.1. The van der Waals surface area contributed by atoms with Crippen LogP contribution in [0.15, 0.2) is 41.5 Å². The fourth-order valence-corrected chi connectivity index (χ4v) is 2.98. The highest BCUT2D eigenvalue weighted by Crippen LogP contribution is 2.23. The third kappa shape index (κ3) is 2.57. The first-order chi connectivity index (χ1) is 9.69. The van der Waals surface area contributed by atoms with E-state index in [2.05, 4.69) is 17.5 Å². The van der Waals surface area contributed by atoms with Crippen LogP contribution >= 0.6 is 23.2 Å². The molecule has 0 saturated carbocycles. The Bertz CT molecular complexity index is 706. The van der Waals surface area contributed by atoms with Crippen molar-refractivity contribution in [3.8, 4) is 0 Å². The summed E-state index contributed by atoms with van der Waals surface area (Å²) in [4.78, 5) is 0. The summed E-state index contributed by atoms with van der Waals surface area (Å²) in [6, 6.07) is 5.95. The van der Waals surface area contributed by atoms with Crippen molar-refractivity contribution in [1.29, 1.82) is 0 Å². The molecule has 1 aliphatic heterocycles. The predicted molar refractivity (Wildman–Crippen MR) is 84.0 cm³/mol. The van der Waals surface area contributed by atoms with Gasteiger partial charge in [-0.2, -0.15) is 0 Å². The zero-order chi connectivity index (χ0) is 14.1. The summed E-state index contributed by atoms with van der Waals surface area (Å²) in [5.74, 6) is 0. The maximum atomic E-state index is 6.35. The van der Waals surface area contributed by atoms with Crippen LogP contribution in [-0.4, -0.2) is 19.4 Å². The van der Waals surface area contributed by atoms with Gasteiger partial charge < -0.3 is 4.74 Å². The first-order valence-electron chi connectivity index (χ1n) is 6.56. The van der Waals surface area contributed by atoms with Crippen LogP contribution in [0.1, 0.15) is 6.42 Å². The van der Waals surface area contributed by atoms with E-state index in [0.717, 1.165) is 27.5 Å². The normalized spacial score (nSPS) is 27.6. The lowest BCUT2D eigenvalue weighted by atomic mass is 9.98. The second kappa shape index (κ2) is 5.74. The number of fused-ring (bicyclic) bond motifs is 2. The smallest absolute Gasteiger partial charge is 0.112 e. The lowest BCUT2D eigenvalue weighted by Gasteiger charge is -2.26. The van der Waals surface area contributed by atoms with Crippen molar-refractivity contribution in [2.75, 3.05) is 7.05 Å². The number of ether oxygens (including phenoxy) is 1. The predicted octanol–water partition coefficient (Wildman–Crippen LogP) is 2.30. The topological polar surface area (TPSA) is 21.3 Å². The Balaban J connectivity index is 2.29. The van der Waals surface area contributed by atoms with E-state index in [-0.39, 0.29) is 12.3 Å². The molecule has 1 aromatic carbocycles. The molecule has 0 bridgehead atoms. The average molecular weight is 308 g/mol. The molecule has 2 aliphatic rings. The van der Waals surface area contributed by atoms with Gasteiger partial charge in [-0.25, -0.2) is 0 Å². The van der Waals surface area contributed by atoms with Crippen LogP contribution in [0.2, 0.25) is 5.02 Å². The Morgan fingerprint density at radius 2 is 2.10 bits per heavy atom. The molecule has 2 unspecified atom stereocenters. The highest BCUT2D eigenvalue weighted by molar-refractivity contribution is 6.31. The quantitative estimate of drug-likeness (QED) is 0.859. The number of nitrogens with one attached hydrogen (secondary N) is 1. The highest BCUT2D eigenvalue weighted by atomic mass is 35.5. The number of allylic oxidation sites excluding steroid dienone is 2. The van der Waals surface area contributed by atoms with Gasteiger partial charge in [0.1, 0.15) is 12.3 Å². The molecule has 3 rings (SSSR count). The van der Waals surface area contributed by atoms with Crippen LogP contribution in [0, 0.1) is 0 Å². The van der Waals surface area contributed by atoms with E-state index < -0.39 is 0 Å². The van der Waals surface area contributed by atoms with Gasteiger partial charge in [0.05, 0.1) is 0 Å². The SMILES string of the molecule is CNC1CC=c2c(Cl)ccc/c2=C2\C=CC(Cl)=CC2O1. The number of halogens is 2. The Kier molecular flexibility index (Phi) is 3.99. The second-order valence-electron chi connectivity index (χ2n) is 4.82. The molecule has 1 heterocycles. The number of hydrogen-bond donors (Lipinski definition) is 1. The summed E-state index contributed by atoms with van der Waals surface area (Å²) < 4.78 is 6.08. The minimum Gasteiger partial charge on any atom is -0.351 e. The molecule has 0 aromatic heterocycles. The second-order valence-corrected chi connectivity index (χ2v) is 5.66. The third-order valence-corrected chi connectivity index (χ3v) is 4.15. The van der Waals surface area contributed by atoms with Gasteiger partial charge in [-0.1, -0.05) is 47.5 Å². The van der Waals surface area contributed by atoms with Gasteiger partial charge in [0.2, 0.25) is 0 Å². The van der Waals surface area contributed by atoms with Gasteiger partial charge in [-0.3, -0.25) is 5.32 Å². The van der Waals surface area contributed by atoms with Crippen molar-refractivity contribution in [1.82, 2.24) is 5.32 Å². The maximum Gasteiger partial charge on any atom is 0.112 e. The molecule has 0 saturated heterocycles. The summed E-state index contributed by atoms with van der Waals surface area (Å²) in [5.41, 5.74) is 1.09. The lowest BCUT2D eigenvalue weighted by molar-refractivity contribution is 0.0273. The highest BCUT2D eigenvalue weighted by Gasteiger charge is 2.21. The molecule has 2 atom stereocenters. The van der Waals surface area contributed by atoms with E-state index in [1.165, 1.54) is 0 Å². The van der Waals surface area contributed by atoms with Crippen LogP contribution in [-0.2, 0) is 4.74 Å². The average Bonchev–Trinajstić information content (AvgIpc) is 2.42. The molecule has 0 spiro atoms. The molecule has 4 heteroatoms. The number of rotatable bonds is 1. The van der Waals surface area contributed by atoms with Crippen molar-refractivity contribution in [2.24, 2.45) is 0 Å². The molecular formula is C16H15Cl2NO. The van der Waals surface area contributed by atoms with Crippen LogP contribution in [0.3, 0.4) is 0 Å². The minimum absolute atomic E-state index is 0.0633. The Morgan fingerprint density at radius 1 is 1.25 bits per heavy atom. The molecule has 0 amide bonds. The van der Waals surface area contributed by atoms with Crippen LogP contribution in [0.5, 0.6) is 0 Å². The first-order valence-corrected chi connectivity index (χ1v) is 7.31. The molecule has 0 radical (unpaired) electrons. The Labute approximate surface area is 128 Å². The summed E-state index contributed by atoms with van der Waals surface area (Å²) in [6.45, 7) is 0. The van der Waals surface area contributed by atoms with Gasteiger partial charge in [0, 0.05) is 16.5 Å². The summed E-state index contributed by atoms with van der Waals surface area (Å²) >= 11 is 12.5. The molecule has 1 N–H and O–H groups in total. The third-order valence-electron chi connectivity index (χ3n) is 3.57. The van der Waals surface area contributed by atoms with Crippen molar-refractivity contribution in [2.45, 2.75) is 18.8 Å². The zero-order valence-corrected chi connectivity index (χ0v) is 12.6. The van der Waals surface area contributed by atoms with Crippen molar-refractivity contribution < 1.29 is 4.74 Å². The molecule has 2 nitrogen and oxygen atoms in total. The van der Waals surface area contributed by atoms with E-state index in [0.29, 0.717) is 5.03 Å². The minimum atomic E-state index is -0.157. The van der Waals surface area contributed by atoms with Crippen LogP contribution in [0.4, 0.5) is 0 Å². The maximum absolute atomic E-state index is 6.35. The number of hydrogen-bond acceptors (Lipinski definition) is 2. The molecule has 1 aliphatic carbocycles. The Morgan fingerprint density at radius 3 is 2.90 bits per heavy atom. The summed E-state index contributed by atoms with van der Waals surface area (Å²) in [5, 5.41) is 6.79. The fraction of sp³-hybridized carbons (Fsp3) is 0.250. The van der Waals surface area contributed by atoms with Gasteiger partial charge in [0.25, 0.3) is 0 Å². The van der Waals surface area contributed by atoms with Gasteiger partial charge in [0.15, 0.2) is 0 Å². The molecule has 20 heavy (non-hydrogen) atoms. The fourth-order valence-electron chi connectivity index (χ4n) is 2.55. The van der Waals surface area contributed by atoms with Crippen molar-refractivity contribution in [3.63, 3.8) is 0 Å². The van der Waals surface area contributed by atoms with Crippen molar-refractivity contribution in [3.05, 3.63) is 56.9 Å². The first kappa shape index (κ1) is 13.9. The monoisotopic (exact) mass is 307 g/mol. The van der Waals surface area contributed by atoms with Gasteiger partial charge in [-0.05, 0) is 41.3 Å². The lowest BCUT2D eigenvalue weighted by Crippen LogP contribution is -2.40. The molecular weight excluding hydrogens is 293 g/mol. The van der Waals surface area contributed by atoms with E-state index in [1.54, 1.807) is 0 Å². The summed E-state index contributed by atoms with van der Waals surface area (Å²) in [6.07, 6.45) is 8.48.